The summed E-state index contributed by atoms with van der Waals surface area (Å²) >= 11 is 0. The summed E-state index contributed by atoms with van der Waals surface area (Å²) < 4.78 is 4.74. The number of amides is 1. The van der Waals surface area contributed by atoms with Crippen molar-refractivity contribution in [3.63, 3.8) is 0 Å². The van der Waals surface area contributed by atoms with Gasteiger partial charge in [0.15, 0.2) is 0 Å². The number of nitrogens with one attached hydrogen (secondary N) is 1. The van der Waals surface area contributed by atoms with Crippen molar-refractivity contribution in [1.29, 1.82) is 5.26 Å². The number of hydrogen-bond donors (Lipinski definition) is 1. The predicted octanol–water partition coefficient (Wildman–Crippen LogP) is 0.299. The van der Waals surface area contributed by atoms with Crippen molar-refractivity contribution in [2.45, 2.75) is 13.3 Å². The molecule has 0 aromatic rings. The van der Waals surface area contributed by atoms with Crippen molar-refractivity contribution < 1.29 is 9.53 Å². The molecule has 0 radical (unpaired) electrons. The Morgan fingerprint density at radius 1 is 1.75 bits per heavy atom. The smallest absolute Gasteiger partial charge is 0.221 e. The molecule has 1 unspecified atom stereocenters. The first-order valence-electron chi connectivity index (χ1n) is 3.86. The van der Waals surface area contributed by atoms with Crippen LogP contribution in [0.2, 0.25) is 0 Å². The SMILES string of the molecule is COCCNC(=O)CC(C)C#N. The van der Waals surface area contributed by atoms with Crippen LogP contribution in [-0.4, -0.2) is 26.2 Å². The second-order valence-electron chi connectivity index (χ2n) is 2.58. The zero-order valence-corrected chi connectivity index (χ0v) is 7.46. The average molecular weight is 170 g/mol. The fraction of sp³-hybridized carbons (Fsp3) is 0.750. The molecule has 0 rings (SSSR count). The highest BCUT2D eigenvalue weighted by atomic mass is 16.5. The summed E-state index contributed by atoms with van der Waals surface area (Å²) in [6.07, 6.45) is 0.264. The second-order valence-corrected chi connectivity index (χ2v) is 2.58. The molecule has 68 valence electrons. The van der Waals surface area contributed by atoms with Gasteiger partial charge in [0.05, 0.1) is 18.6 Å². The van der Waals surface area contributed by atoms with E-state index in [1.807, 2.05) is 6.07 Å². The molecule has 0 aliphatic carbocycles. The topological polar surface area (TPSA) is 62.1 Å². The van der Waals surface area contributed by atoms with Crippen molar-refractivity contribution in [3.8, 4) is 6.07 Å². The van der Waals surface area contributed by atoms with E-state index in [0.29, 0.717) is 13.2 Å². The van der Waals surface area contributed by atoms with Crippen molar-refractivity contribution >= 4 is 5.91 Å². The average Bonchev–Trinajstić information content (AvgIpc) is 2.05. The van der Waals surface area contributed by atoms with Gasteiger partial charge in [-0.25, -0.2) is 0 Å². The lowest BCUT2D eigenvalue weighted by Gasteiger charge is -2.04. The molecular weight excluding hydrogens is 156 g/mol. The van der Waals surface area contributed by atoms with Gasteiger partial charge in [-0.2, -0.15) is 5.26 Å². The number of carbonyl (C=O) groups excluding carboxylic acids is 1. The number of carbonyl (C=O) groups is 1. The first-order valence-corrected chi connectivity index (χ1v) is 3.86. The third-order valence-corrected chi connectivity index (χ3v) is 1.34. The van der Waals surface area contributed by atoms with E-state index in [4.69, 9.17) is 10.00 Å². The van der Waals surface area contributed by atoms with Gasteiger partial charge in [0.25, 0.3) is 0 Å². The quantitative estimate of drug-likeness (QED) is 0.603. The van der Waals surface area contributed by atoms with E-state index in [2.05, 4.69) is 5.32 Å². The molecule has 0 heterocycles. The zero-order chi connectivity index (χ0) is 9.40. The van der Waals surface area contributed by atoms with Gasteiger partial charge in [-0.05, 0) is 6.92 Å². The van der Waals surface area contributed by atoms with E-state index in [9.17, 15) is 4.79 Å². The Hall–Kier alpha value is -1.08. The van der Waals surface area contributed by atoms with E-state index in [1.54, 1.807) is 14.0 Å². The van der Waals surface area contributed by atoms with E-state index in [0.717, 1.165) is 0 Å². The van der Waals surface area contributed by atoms with Crippen molar-refractivity contribution in [2.24, 2.45) is 5.92 Å². The molecule has 0 aromatic heterocycles. The summed E-state index contributed by atoms with van der Waals surface area (Å²) in [7, 11) is 1.57. The van der Waals surface area contributed by atoms with Gasteiger partial charge in [0, 0.05) is 20.1 Å². The molecule has 0 fully saturated rings. The molecular formula is C8H14N2O2. The Morgan fingerprint density at radius 2 is 2.42 bits per heavy atom. The minimum absolute atomic E-state index is 0.0962. The van der Waals surface area contributed by atoms with Crippen LogP contribution in [0.5, 0.6) is 0 Å². The van der Waals surface area contributed by atoms with Crippen LogP contribution in [0.3, 0.4) is 0 Å². The van der Waals surface area contributed by atoms with Crippen molar-refractivity contribution in [2.75, 3.05) is 20.3 Å². The lowest BCUT2D eigenvalue weighted by molar-refractivity contribution is -0.121. The van der Waals surface area contributed by atoms with Gasteiger partial charge in [-0.3, -0.25) is 4.79 Å². The number of methoxy groups -OCH3 is 1. The summed E-state index contributed by atoms with van der Waals surface area (Å²) in [5, 5.41) is 11.0. The van der Waals surface area contributed by atoms with Crippen molar-refractivity contribution in [3.05, 3.63) is 0 Å². The summed E-state index contributed by atoms with van der Waals surface area (Å²) in [4.78, 5) is 11.0. The van der Waals surface area contributed by atoms with Gasteiger partial charge in [-0.15, -0.1) is 0 Å². The predicted molar refractivity (Wildman–Crippen MR) is 44.3 cm³/mol. The van der Waals surface area contributed by atoms with E-state index < -0.39 is 0 Å². The van der Waals surface area contributed by atoms with Gasteiger partial charge in [-0.1, -0.05) is 0 Å². The molecule has 0 spiro atoms. The highest BCUT2D eigenvalue weighted by Crippen LogP contribution is 1.97. The molecule has 1 amide bonds. The van der Waals surface area contributed by atoms with Crippen LogP contribution >= 0.6 is 0 Å². The highest BCUT2D eigenvalue weighted by molar-refractivity contribution is 5.76. The molecule has 1 atom stereocenters. The minimum Gasteiger partial charge on any atom is -0.383 e. The fourth-order valence-electron chi connectivity index (χ4n) is 0.688. The Labute approximate surface area is 72.5 Å². The third-order valence-electron chi connectivity index (χ3n) is 1.34. The Morgan fingerprint density at radius 3 is 2.92 bits per heavy atom. The van der Waals surface area contributed by atoms with Crippen molar-refractivity contribution in [1.82, 2.24) is 5.32 Å². The van der Waals surface area contributed by atoms with Crippen LogP contribution in [0.25, 0.3) is 0 Å². The first kappa shape index (κ1) is 10.9. The maximum absolute atomic E-state index is 11.0. The summed E-state index contributed by atoms with van der Waals surface area (Å²) in [6.45, 7) is 2.73. The first-order chi connectivity index (χ1) is 5.70. The van der Waals surface area contributed by atoms with Crippen LogP contribution in [0.15, 0.2) is 0 Å². The molecule has 4 heteroatoms. The van der Waals surface area contributed by atoms with E-state index >= 15 is 0 Å². The monoisotopic (exact) mass is 170 g/mol. The van der Waals surface area contributed by atoms with E-state index in [1.165, 1.54) is 0 Å². The minimum atomic E-state index is -0.215. The third kappa shape index (κ3) is 5.69. The van der Waals surface area contributed by atoms with E-state index in [-0.39, 0.29) is 18.2 Å². The molecule has 0 aliphatic rings. The Bertz CT molecular complexity index is 174. The van der Waals surface area contributed by atoms with Gasteiger partial charge in [0.2, 0.25) is 5.91 Å². The number of nitriles is 1. The largest absolute Gasteiger partial charge is 0.383 e. The van der Waals surface area contributed by atoms with Crippen LogP contribution in [-0.2, 0) is 9.53 Å². The van der Waals surface area contributed by atoms with Crippen LogP contribution in [0.1, 0.15) is 13.3 Å². The number of ether oxygens (including phenoxy) is 1. The van der Waals surface area contributed by atoms with Crippen LogP contribution in [0, 0.1) is 17.2 Å². The van der Waals surface area contributed by atoms with Gasteiger partial charge >= 0.3 is 0 Å². The van der Waals surface area contributed by atoms with Gasteiger partial charge in [0.1, 0.15) is 0 Å². The second kappa shape index (κ2) is 6.62. The summed E-state index contributed by atoms with van der Waals surface area (Å²) in [5.74, 6) is -0.311. The lowest BCUT2D eigenvalue weighted by Crippen LogP contribution is -2.27. The van der Waals surface area contributed by atoms with Gasteiger partial charge < -0.3 is 10.1 Å². The molecule has 4 nitrogen and oxygen atoms in total. The molecule has 0 saturated carbocycles. The Kier molecular flexibility index (Phi) is 6.02. The lowest BCUT2D eigenvalue weighted by atomic mass is 10.1. The highest BCUT2D eigenvalue weighted by Gasteiger charge is 2.06. The normalized spacial score (nSPS) is 11.8. The summed E-state index contributed by atoms with van der Waals surface area (Å²) in [6, 6.07) is 1.99. The molecule has 0 saturated heterocycles. The number of nitrogens with zero attached hydrogens (tertiary/aromatic N) is 1. The Balaban J connectivity index is 3.41. The fourth-order valence-corrected chi connectivity index (χ4v) is 0.688. The number of hydrogen-bond acceptors (Lipinski definition) is 3. The standard InChI is InChI=1S/C8H14N2O2/c1-7(6-9)5-8(11)10-3-4-12-2/h7H,3-5H2,1-2H3,(H,10,11). The molecule has 0 bridgehead atoms. The maximum atomic E-state index is 11.0. The molecule has 1 N–H and O–H groups in total. The maximum Gasteiger partial charge on any atom is 0.221 e. The molecule has 12 heavy (non-hydrogen) atoms. The number of rotatable bonds is 5. The van der Waals surface area contributed by atoms with Crippen LogP contribution in [0.4, 0.5) is 0 Å². The zero-order valence-electron chi connectivity index (χ0n) is 7.46. The molecule has 0 aromatic carbocycles. The molecule has 0 aliphatic heterocycles. The summed E-state index contributed by atoms with van der Waals surface area (Å²) in [5.41, 5.74) is 0. The van der Waals surface area contributed by atoms with Crippen LogP contribution < -0.4 is 5.32 Å².